The van der Waals surface area contributed by atoms with Gasteiger partial charge >= 0.3 is 0 Å². The molecule has 1 heterocycles. The van der Waals surface area contributed by atoms with Crippen molar-refractivity contribution >= 4 is 27.5 Å². The average Bonchev–Trinajstić information content (AvgIpc) is 2.95. The van der Waals surface area contributed by atoms with Crippen LogP contribution in [0.3, 0.4) is 0 Å². The predicted octanol–water partition coefficient (Wildman–Crippen LogP) is 4.21. The van der Waals surface area contributed by atoms with Crippen molar-refractivity contribution in [1.82, 2.24) is 9.55 Å². The van der Waals surface area contributed by atoms with Crippen LogP contribution in [0.1, 0.15) is 5.82 Å². The van der Waals surface area contributed by atoms with E-state index >= 15 is 0 Å². The molecule has 0 unspecified atom stereocenters. The van der Waals surface area contributed by atoms with Crippen LogP contribution in [-0.4, -0.2) is 14.5 Å². The van der Waals surface area contributed by atoms with E-state index in [-0.39, 0.29) is 12.3 Å². The van der Waals surface area contributed by atoms with Gasteiger partial charge in [0.15, 0.2) is 0 Å². The van der Waals surface area contributed by atoms with Crippen molar-refractivity contribution in [3.8, 4) is 5.75 Å². The van der Waals surface area contributed by atoms with Crippen molar-refractivity contribution in [2.45, 2.75) is 6.61 Å². The molecule has 4 aromatic rings. The van der Waals surface area contributed by atoms with E-state index in [1.165, 1.54) is 12.1 Å². The monoisotopic (exact) mass is 333 g/mol. The number of hydrogen-bond donors (Lipinski definition) is 0. The second-order valence-corrected chi connectivity index (χ2v) is 5.78. The van der Waals surface area contributed by atoms with Gasteiger partial charge < -0.3 is 9.30 Å². The molecule has 0 fully saturated rings. The highest BCUT2D eigenvalue weighted by Crippen LogP contribution is 2.27. The fourth-order valence-electron chi connectivity index (χ4n) is 2.94. The summed E-state index contributed by atoms with van der Waals surface area (Å²) in [6.45, 7) is 0.285. The summed E-state index contributed by atoms with van der Waals surface area (Å²) >= 11 is 0. The van der Waals surface area contributed by atoms with Crippen molar-refractivity contribution in [2.24, 2.45) is 7.05 Å². The number of nitro benzene ring substituents is 1. The fraction of sp³-hybridized carbons (Fsp3) is 0.105. The molecule has 0 bridgehead atoms. The van der Waals surface area contributed by atoms with Crippen LogP contribution in [0.15, 0.2) is 60.7 Å². The van der Waals surface area contributed by atoms with Crippen LogP contribution in [0.5, 0.6) is 5.75 Å². The van der Waals surface area contributed by atoms with E-state index < -0.39 is 4.92 Å². The van der Waals surface area contributed by atoms with Gasteiger partial charge in [-0.1, -0.05) is 36.4 Å². The van der Waals surface area contributed by atoms with Crippen LogP contribution in [0, 0.1) is 10.1 Å². The first-order chi connectivity index (χ1) is 12.1. The minimum Gasteiger partial charge on any atom is -0.485 e. The number of rotatable bonds is 4. The third kappa shape index (κ3) is 2.67. The molecule has 0 aliphatic carbocycles. The summed E-state index contributed by atoms with van der Waals surface area (Å²) in [5, 5.41) is 13.1. The molecule has 0 aliphatic heterocycles. The van der Waals surface area contributed by atoms with Crippen molar-refractivity contribution < 1.29 is 9.66 Å². The molecule has 4 rings (SSSR count). The van der Waals surface area contributed by atoms with Crippen molar-refractivity contribution in [2.75, 3.05) is 0 Å². The molecule has 0 atom stereocenters. The van der Waals surface area contributed by atoms with E-state index in [1.807, 2.05) is 54.1 Å². The first-order valence-electron chi connectivity index (χ1n) is 7.84. The molecular formula is C19H15N3O3. The van der Waals surface area contributed by atoms with Crippen LogP contribution in [0.2, 0.25) is 0 Å². The normalized spacial score (nSPS) is 11.1. The lowest BCUT2D eigenvalue weighted by molar-refractivity contribution is -0.384. The first kappa shape index (κ1) is 15.1. The molecule has 3 aromatic carbocycles. The number of fused-ring (bicyclic) bond motifs is 2. The predicted molar refractivity (Wildman–Crippen MR) is 95.6 cm³/mol. The molecule has 6 heteroatoms. The van der Waals surface area contributed by atoms with Crippen LogP contribution in [0.4, 0.5) is 5.69 Å². The number of imidazole rings is 1. The molecule has 0 spiro atoms. The van der Waals surface area contributed by atoms with Gasteiger partial charge in [0.25, 0.3) is 5.69 Å². The minimum atomic E-state index is -0.416. The van der Waals surface area contributed by atoms with E-state index in [0.29, 0.717) is 11.3 Å². The highest BCUT2D eigenvalue weighted by atomic mass is 16.6. The topological polar surface area (TPSA) is 70.2 Å². The number of benzene rings is 3. The molecule has 0 saturated heterocycles. The Hall–Kier alpha value is -3.41. The maximum absolute atomic E-state index is 10.9. The van der Waals surface area contributed by atoms with Gasteiger partial charge in [-0.05, 0) is 17.5 Å². The number of hydrogen-bond acceptors (Lipinski definition) is 4. The Morgan fingerprint density at radius 3 is 2.76 bits per heavy atom. The van der Waals surface area contributed by atoms with E-state index in [9.17, 15) is 10.1 Å². The minimum absolute atomic E-state index is 0.0344. The van der Waals surface area contributed by atoms with Crippen molar-refractivity contribution in [1.29, 1.82) is 0 Å². The fourth-order valence-corrected chi connectivity index (χ4v) is 2.94. The van der Waals surface area contributed by atoms with Gasteiger partial charge in [0.1, 0.15) is 18.2 Å². The van der Waals surface area contributed by atoms with Crippen LogP contribution >= 0.6 is 0 Å². The molecule has 0 saturated carbocycles. The summed E-state index contributed by atoms with van der Waals surface area (Å²) in [5.74, 6) is 1.50. The largest absolute Gasteiger partial charge is 0.485 e. The van der Waals surface area contributed by atoms with Crippen molar-refractivity contribution in [3.63, 3.8) is 0 Å². The molecule has 0 amide bonds. The Kier molecular flexibility index (Phi) is 3.57. The summed E-state index contributed by atoms with van der Waals surface area (Å²) in [6.07, 6.45) is 0. The van der Waals surface area contributed by atoms with Gasteiger partial charge in [0, 0.05) is 24.6 Å². The molecule has 0 radical (unpaired) electrons. The number of aryl methyl sites for hydroxylation is 1. The standard InChI is InChI=1S/C19H15N3O3/c1-21-17-10-9-14(22(23)24)11-16(17)20-19(21)12-25-18-8-4-6-13-5-2-3-7-15(13)18/h2-11H,12H2,1H3. The summed E-state index contributed by atoms with van der Waals surface area (Å²) in [6, 6.07) is 18.6. The molecule has 25 heavy (non-hydrogen) atoms. The second kappa shape index (κ2) is 5.90. The highest BCUT2D eigenvalue weighted by Gasteiger charge is 2.13. The van der Waals surface area contributed by atoms with Crippen LogP contribution in [0.25, 0.3) is 21.8 Å². The highest BCUT2D eigenvalue weighted by molar-refractivity contribution is 5.88. The van der Waals surface area contributed by atoms with Gasteiger partial charge in [0.05, 0.1) is 16.0 Å². The first-order valence-corrected chi connectivity index (χ1v) is 7.84. The molecule has 6 nitrogen and oxygen atoms in total. The molecular weight excluding hydrogens is 318 g/mol. The summed E-state index contributed by atoms with van der Waals surface area (Å²) in [4.78, 5) is 15.0. The van der Waals surface area contributed by atoms with Gasteiger partial charge in [-0.15, -0.1) is 0 Å². The zero-order valence-electron chi connectivity index (χ0n) is 13.5. The zero-order chi connectivity index (χ0) is 17.4. The van der Waals surface area contributed by atoms with Crippen molar-refractivity contribution in [3.05, 3.63) is 76.6 Å². The summed E-state index contributed by atoms with van der Waals surface area (Å²) in [5.41, 5.74) is 1.46. The Bertz CT molecular complexity index is 1100. The number of nitro groups is 1. The Morgan fingerprint density at radius 1 is 1.12 bits per heavy atom. The lowest BCUT2D eigenvalue weighted by atomic mass is 10.1. The SMILES string of the molecule is Cn1c(COc2cccc3ccccc23)nc2cc([N+](=O)[O-])ccc21. The van der Waals surface area contributed by atoms with Gasteiger partial charge in [0.2, 0.25) is 0 Å². The lowest BCUT2D eigenvalue weighted by Crippen LogP contribution is -2.03. The number of nitrogens with zero attached hydrogens (tertiary/aromatic N) is 3. The molecule has 1 aromatic heterocycles. The van der Waals surface area contributed by atoms with E-state index in [2.05, 4.69) is 4.98 Å². The third-order valence-electron chi connectivity index (χ3n) is 4.27. The third-order valence-corrected chi connectivity index (χ3v) is 4.27. The Labute approximate surface area is 143 Å². The Morgan fingerprint density at radius 2 is 1.92 bits per heavy atom. The quantitative estimate of drug-likeness (QED) is 0.414. The summed E-state index contributed by atoms with van der Waals surface area (Å²) < 4.78 is 7.87. The van der Waals surface area contributed by atoms with Crippen LogP contribution < -0.4 is 4.74 Å². The zero-order valence-corrected chi connectivity index (χ0v) is 13.5. The second-order valence-electron chi connectivity index (χ2n) is 5.78. The van der Waals surface area contributed by atoms with Crippen LogP contribution in [-0.2, 0) is 13.7 Å². The van der Waals surface area contributed by atoms with Gasteiger partial charge in [-0.3, -0.25) is 10.1 Å². The lowest BCUT2D eigenvalue weighted by Gasteiger charge is -2.09. The number of aromatic nitrogens is 2. The maximum Gasteiger partial charge on any atom is 0.271 e. The number of ether oxygens (including phenoxy) is 1. The van der Waals surface area contributed by atoms with Gasteiger partial charge in [-0.25, -0.2) is 4.98 Å². The van der Waals surface area contributed by atoms with Gasteiger partial charge in [-0.2, -0.15) is 0 Å². The van der Waals surface area contributed by atoms with E-state index in [4.69, 9.17) is 4.74 Å². The average molecular weight is 333 g/mol. The molecule has 124 valence electrons. The smallest absolute Gasteiger partial charge is 0.271 e. The Balaban J connectivity index is 1.66. The van der Waals surface area contributed by atoms with E-state index in [1.54, 1.807) is 6.07 Å². The maximum atomic E-state index is 10.9. The van der Waals surface area contributed by atoms with E-state index in [0.717, 1.165) is 22.0 Å². The summed E-state index contributed by atoms with van der Waals surface area (Å²) in [7, 11) is 1.88. The number of non-ortho nitro benzene ring substituents is 1. The molecule has 0 aliphatic rings. The molecule has 0 N–H and O–H groups in total.